The lowest BCUT2D eigenvalue weighted by Crippen LogP contribution is -2.01. The maximum atomic E-state index is 4.84. The summed E-state index contributed by atoms with van der Waals surface area (Å²) in [5.41, 5.74) is 7.38. The van der Waals surface area contributed by atoms with Crippen molar-refractivity contribution >= 4 is 22.4 Å². The second-order valence-electron chi connectivity index (χ2n) is 5.41. The second kappa shape index (κ2) is 3.64. The highest BCUT2D eigenvalue weighted by atomic mass is 15.2. The van der Waals surface area contributed by atoms with Gasteiger partial charge in [0.15, 0.2) is 0 Å². The number of nitrogens with zero attached hydrogens (tertiary/aromatic N) is 2. The molecule has 1 aromatic carbocycles. The molecular formula is C14H20N4. The zero-order valence-electron chi connectivity index (χ0n) is 11.7. The number of nitrogens with one attached hydrogen (secondary N) is 2. The molecule has 1 aliphatic heterocycles. The van der Waals surface area contributed by atoms with E-state index in [9.17, 15) is 0 Å². The second-order valence-corrected chi connectivity index (χ2v) is 5.41. The van der Waals surface area contributed by atoms with E-state index in [2.05, 4.69) is 49.9 Å². The van der Waals surface area contributed by atoms with Crippen molar-refractivity contribution in [1.29, 1.82) is 0 Å². The van der Waals surface area contributed by atoms with Gasteiger partial charge >= 0.3 is 0 Å². The van der Waals surface area contributed by atoms with E-state index in [1.165, 1.54) is 28.0 Å². The highest BCUT2D eigenvalue weighted by Crippen LogP contribution is 2.40. The predicted octanol–water partition coefficient (Wildman–Crippen LogP) is 3.11. The van der Waals surface area contributed by atoms with Crippen LogP contribution in [-0.4, -0.2) is 16.2 Å². The first-order valence-corrected chi connectivity index (χ1v) is 6.49. The van der Waals surface area contributed by atoms with Crippen molar-refractivity contribution in [2.75, 3.05) is 17.3 Å². The van der Waals surface area contributed by atoms with Gasteiger partial charge in [0, 0.05) is 24.1 Å². The number of fused-ring (bicyclic) bond motifs is 2. The molecule has 2 N–H and O–H groups in total. The zero-order valence-corrected chi connectivity index (χ0v) is 11.7. The molecule has 0 fully saturated rings. The van der Waals surface area contributed by atoms with E-state index in [0.29, 0.717) is 5.92 Å². The van der Waals surface area contributed by atoms with Gasteiger partial charge in [0.1, 0.15) is 5.82 Å². The maximum absolute atomic E-state index is 4.84. The van der Waals surface area contributed by atoms with Crippen LogP contribution in [0.3, 0.4) is 0 Å². The molecule has 1 aromatic heterocycles. The Balaban J connectivity index is 2.44. The SMILES string of the molecule is Cc1c2c(c(C)c3c1nc(C(C)C)n3C)NCN2. The fraction of sp³-hybridized carbons (Fsp3) is 0.500. The molecule has 18 heavy (non-hydrogen) atoms. The number of imidazole rings is 1. The van der Waals surface area contributed by atoms with Gasteiger partial charge in [-0.25, -0.2) is 4.98 Å². The van der Waals surface area contributed by atoms with E-state index in [0.717, 1.165) is 18.0 Å². The fourth-order valence-corrected chi connectivity index (χ4v) is 3.00. The van der Waals surface area contributed by atoms with E-state index in [1.54, 1.807) is 0 Å². The minimum atomic E-state index is 0.442. The van der Waals surface area contributed by atoms with Crippen LogP contribution in [0.15, 0.2) is 0 Å². The molecule has 0 aliphatic carbocycles. The predicted molar refractivity (Wildman–Crippen MR) is 76.4 cm³/mol. The van der Waals surface area contributed by atoms with E-state index in [4.69, 9.17) is 4.98 Å². The monoisotopic (exact) mass is 244 g/mol. The molecule has 2 heterocycles. The standard InChI is InChI=1S/C14H20N4/c1-7(2)14-17-12-8(3)10-11(16-6-15-10)9(4)13(12)18(14)5/h7,15-16H,6H2,1-5H3. The van der Waals surface area contributed by atoms with Crippen molar-refractivity contribution in [3.8, 4) is 0 Å². The van der Waals surface area contributed by atoms with Gasteiger partial charge in [-0.1, -0.05) is 13.8 Å². The summed E-state index contributed by atoms with van der Waals surface area (Å²) in [5, 5.41) is 6.81. The number of benzene rings is 1. The summed E-state index contributed by atoms with van der Waals surface area (Å²) in [5.74, 6) is 1.59. The average Bonchev–Trinajstić information content (AvgIpc) is 2.90. The number of anilines is 2. The van der Waals surface area contributed by atoms with Gasteiger partial charge in [-0.3, -0.25) is 0 Å². The van der Waals surface area contributed by atoms with Crippen LogP contribution < -0.4 is 10.6 Å². The van der Waals surface area contributed by atoms with Crippen LogP contribution in [-0.2, 0) is 7.05 Å². The highest BCUT2D eigenvalue weighted by molar-refractivity contribution is 5.97. The quantitative estimate of drug-likeness (QED) is 0.810. The van der Waals surface area contributed by atoms with Gasteiger partial charge < -0.3 is 15.2 Å². The van der Waals surface area contributed by atoms with Gasteiger partial charge in [-0.2, -0.15) is 0 Å². The minimum absolute atomic E-state index is 0.442. The van der Waals surface area contributed by atoms with Gasteiger partial charge in [0.05, 0.1) is 29.1 Å². The van der Waals surface area contributed by atoms with E-state index in [-0.39, 0.29) is 0 Å². The van der Waals surface area contributed by atoms with Crippen LogP contribution in [0.5, 0.6) is 0 Å². The van der Waals surface area contributed by atoms with Crippen LogP contribution in [0.1, 0.15) is 36.7 Å². The Morgan fingerprint density at radius 2 is 1.72 bits per heavy atom. The molecule has 0 atom stereocenters. The molecule has 0 unspecified atom stereocenters. The number of aromatic nitrogens is 2. The number of rotatable bonds is 1. The van der Waals surface area contributed by atoms with Gasteiger partial charge in [0.2, 0.25) is 0 Å². The third-order valence-corrected chi connectivity index (χ3v) is 3.89. The first kappa shape index (κ1) is 11.4. The van der Waals surface area contributed by atoms with Crippen LogP contribution in [0.2, 0.25) is 0 Å². The van der Waals surface area contributed by atoms with Gasteiger partial charge in [-0.05, 0) is 13.8 Å². The summed E-state index contributed by atoms with van der Waals surface area (Å²) in [6.07, 6.45) is 0. The molecule has 0 bridgehead atoms. The van der Waals surface area contributed by atoms with E-state index >= 15 is 0 Å². The molecule has 4 nitrogen and oxygen atoms in total. The van der Waals surface area contributed by atoms with Gasteiger partial charge in [-0.15, -0.1) is 0 Å². The molecular weight excluding hydrogens is 224 g/mol. The molecule has 1 aliphatic rings. The van der Waals surface area contributed by atoms with E-state index < -0.39 is 0 Å². The fourth-order valence-electron chi connectivity index (χ4n) is 3.00. The topological polar surface area (TPSA) is 41.9 Å². The summed E-state index contributed by atoms with van der Waals surface area (Å²) >= 11 is 0. The summed E-state index contributed by atoms with van der Waals surface area (Å²) < 4.78 is 2.24. The number of aryl methyl sites for hydroxylation is 3. The third-order valence-electron chi connectivity index (χ3n) is 3.89. The summed E-state index contributed by atoms with van der Waals surface area (Å²) in [7, 11) is 2.12. The van der Waals surface area contributed by atoms with Crippen LogP contribution in [0.4, 0.5) is 11.4 Å². The Hall–Kier alpha value is -1.71. The van der Waals surface area contributed by atoms with Crippen molar-refractivity contribution in [3.05, 3.63) is 17.0 Å². The molecule has 2 aromatic rings. The normalized spacial score (nSPS) is 13.9. The molecule has 4 heteroatoms. The van der Waals surface area contributed by atoms with Crippen molar-refractivity contribution < 1.29 is 0 Å². The van der Waals surface area contributed by atoms with Gasteiger partial charge in [0.25, 0.3) is 0 Å². The van der Waals surface area contributed by atoms with Crippen molar-refractivity contribution in [2.24, 2.45) is 7.05 Å². The lowest BCUT2D eigenvalue weighted by atomic mass is 10.1. The highest BCUT2D eigenvalue weighted by Gasteiger charge is 2.23. The zero-order chi connectivity index (χ0) is 13.0. The van der Waals surface area contributed by atoms with Crippen molar-refractivity contribution in [2.45, 2.75) is 33.6 Å². The Labute approximate surface area is 107 Å². The van der Waals surface area contributed by atoms with Crippen LogP contribution >= 0.6 is 0 Å². The smallest absolute Gasteiger partial charge is 0.112 e. The number of hydrogen-bond acceptors (Lipinski definition) is 3. The van der Waals surface area contributed by atoms with Crippen molar-refractivity contribution in [1.82, 2.24) is 9.55 Å². The minimum Gasteiger partial charge on any atom is -0.366 e. The summed E-state index contributed by atoms with van der Waals surface area (Å²) in [6.45, 7) is 9.51. The lowest BCUT2D eigenvalue weighted by molar-refractivity contribution is 0.722. The molecule has 0 saturated carbocycles. The first-order chi connectivity index (χ1) is 8.52. The summed E-state index contributed by atoms with van der Waals surface area (Å²) in [6, 6.07) is 0. The van der Waals surface area contributed by atoms with Crippen LogP contribution in [0, 0.1) is 13.8 Å². The van der Waals surface area contributed by atoms with E-state index in [1.807, 2.05) is 0 Å². The van der Waals surface area contributed by atoms with Crippen LogP contribution in [0.25, 0.3) is 11.0 Å². The third kappa shape index (κ3) is 1.29. The largest absolute Gasteiger partial charge is 0.366 e. The molecule has 0 amide bonds. The Morgan fingerprint density at radius 1 is 1.11 bits per heavy atom. The molecule has 3 rings (SSSR count). The first-order valence-electron chi connectivity index (χ1n) is 6.49. The Kier molecular flexibility index (Phi) is 2.30. The summed E-state index contributed by atoms with van der Waals surface area (Å²) in [4.78, 5) is 4.84. The molecule has 0 spiro atoms. The van der Waals surface area contributed by atoms with Crippen molar-refractivity contribution in [3.63, 3.8) is 0 Å². The molecule has 0 radical (unpaired) electrons. The average molecular weight is 244 g/mol. The number of hydrogen-bond donors (Lipinski definition) is 2. The Morgan fingerprint density at radius 3 is 2.33 bits per heavy atom. The lowest BCUT2D eigenvalue weighted by Gasteiger charge is -2.10. The molecule has 0 saturated heterocycles. The molecule has 96 valence electrons. The maximum Gasteiger partial charge on any atom is 0.112 e. The Bertz CT molecular complexity index is 637.